The van der Waals surface area contributed by atoms with Gasteiger partial charge in [-0.3, -0.25) is 4.98 Å². The second kappa shape index (κ2) is 6.82. The van der Waals surface area contributed by atoms with Crippen LogP contribution < -0.4 is 0 Å². The van der Waals surface area contributed by atoms with E-state index < -0.39 is 0 Å². The maximum atomic E-state index is 4.45. The van der Waals surface area contributed by atoms with Crippen LogP contribution in [0.2, 0.25) is 0 Å². The number of nitrogens with zero attached hydrogens (tertiary/aromatic N) is 3. The third kappa shape index (κ3) is 3.78. The molecule has 0 aliphatic heterocycles. The van der Waals surface area contributed by atoms with Gasteiger partial charge in [-0.05, 0) is 70.8 Å². The van der Waals surface area contributed by atoms with Crippen molar-refractivity contribution < 1.29 is 0 Å². The first kappa shape index (κ1) is 14.9. The van der Waals surface area contributed by atoms with Gasteiger partial charge in [-0.15, -0.1) is 0 Å². The van der Waals surface area contributed by atoms with E-state index in [0.29, 0.717) is 0 Å². The molecular formula is C17H25N3. The summed E-state index contributed by atoms with van der Waals surface area (Å²) >= 11 is 0. The summed E-state index contributed by atoms with van der Waals surface area (Å²) in [5.41, 5.74) is 3.85. The molecule has 0 aliphatic rings. The van der Waals surface area contributed by atoms with Crippen LogP contribution >= 0.6 is 0 Å². The third-order valence-corrected chi connectivity index (χ3v) is 3.70. The van der Waals surface area contributed by atoms with E-state index in [1.54, 1.807) is 0 Å². The predicted octanol–water partition coefficient (Wildman–Crippen LogP) is 2.93. The summed E-state index contributed by atoms with van der Waals surface area (Å²) in [5, 5.41) is 1.28. The van der Waals surface area contributed by atoms with Crippen molar-refractivity contribution in [3.05, 3.63) is 41.6 Å². The van der Waals surface area contributed by atoms with Gasteiger partial charge in [-0.1, -0.05) is 12.1 Å². The second-order valence-corrected chi connectivity index (χ2v) is 5.83. The third-order valence-electron chi connectivity index (χ3n) is 3.70. The molecule has 0 saturated heterocycles. The van der Waals surface area contributed by atoms with Crippen molar-refractivity contribution in [3.63, 3.8) is 0 Å². The Labute approximate surface area is 122 Å². The van der Waals surface area contributed by atoms with Gasteiger partial charge in [0.15, 0.2) is 0 Å². The monoisotopic (exact) mass is 271 g/mol. The summed E-state index contributed by atoms with van der Waals surface area (Å²) in [7, 11) is 6.45. The molecule has 3 heteroatoms. The van der Waals surface area contributed by atoms with Crippen molar-refractivity contribution in [2.24, 2.45) is 0 Å². The van der Waals surface area contributed by atoms with E-state index in [1.807, 2.05) is 12.3 Å². The first-order valence-corrected chi connectivity index (χ1v) is 7.24. The summed E-state index contributed by atoms with van der Waals surface area (Å²) in [6, 6.07) is 8.49. The summed E-state index contributed by atoms with van der Waals surface area (Å²) in [4.78, 5) is 9.09. The molecule has 2 aromatic rings. The van der Waals surface area contributed by atoms with Gasteiger partial charge in [-0.2, -0.15) is 0 Å². The molecule has 0 N–H and O–H groups in total. The van der Waals surface area contributed by atoms with Crippen molar-refractivity contribution in [2.75, 3.05) is 34.2 Å². The van der Waals surface area contributed by atoms with Crippen LogP contribution in [0.3, 0.4) is 0 Å². The fourth-order valence-electron chi connectivity index (χ4n) is 2.54. The summed E-state index contributed by atoms with van der Waals surface area (Å²) in [6.07, 6.45) is 3.06. The van der Waals surface area contributed by atoms with E-state index in [9.17, 15) is 0 Å². The fraction of sp³-hybridized carbons (Fsp3) is 0.471. The molecule has 1 heterocycles. The highest BCUT2D eigenvalue weighted by Gasteiger charge is 2.08. The molecule has 2 rings (SSSR count). The summed E-state index contributed by atoms with van der Waals surface area (Å²) in [5.74, 6) is 0. The fourth-order valence-corrected chi connectivity index (χ4v) is 2.54. The second-order valence-electron chi connectivity index (χ2n) is 5.83. The Balaban J connectivity index is 2.10. The number of hydrogen-bond acceptors (Lipinski definition) is 3. The normalized spacial score (nSPS) is 11.7. The van der Waals surface area contributed by atoms with Crippen LogP contribution in [0.4, 0.5) is 0 Å². The van der Waals surface area contributed by atoms with E-state index in [1.165, 1.54) is 22.9 Å². The van der Waals surface area contributed by atoms with Gasteiger partial charge in [0.2, 0.25) is 0 Å². The first-order chi connectivity index (χ1) is 9.58. The van der Waals surface area contributed by atoms with Crippen LogP contribution in [0, 0.1) is 6.92 Å². The Morgan fingerprint density at radius 3 is 2.60 bits per heavy atom. The topological polar surface area (TPSA) is 19.4 Å². The zero-order valence-corrected chi connectivity index (χ0v) is 13.1. The predicted molar refractivity (Wildman–Crippen MR) is 86.0 cm³/mol. The number of fused-ring (bicyclic) bond motifs is 1. The van der Waals surface area contributed by atoms with Crippen LogP contribution in [-0.4, -0.2) is 49.0 Å². The van der Waals surface area contributed by atoms with E-state index in [2.05, 4.69) is 61.0 Å². The first-order valence-electron chi connectivity index (χ1n) is 7.24. The highest BCUT2D eigenvalue weighted by Crippen LogP contribution is 2.21. The molecular weight excluding hydrogens is 246 g/mol. The van der Waals surface area contributed by atoms with Crippen LogP contribution in [-0.2, 0) is 6.54 Å². The van der Waals surface area contributed by atoms with Crippen LogP contribution in [0.25, 0.3) is 10.9 Å². The molecule has 108 valence electrons. The Morgan fingerprint density at radius 1 is 1.05 bits per heavy atom. The maximum absolute atomic E-state index is 4.45. The molecule has 0 radical (unpaired) electrons. The Hall–Kier alpha value is -1.45. The standard InChI is InChI=1S/C17H25N3/c1-14-8-9-17-15(7-5-10-18-17)16(14)13-20(4)12-6-11-19(2)3/h5,7-10H,6,11-13H2,1-4H3. The molecule has 0 unspecified atom stereocenters. The van der Waals surface area contributed by atoms with Crippen LogP contribution in [0.15, 0.2) is 30.5 Å². The van der Waals surface area contributed by atoms with E-state index in [0.717, 1.165) is 25.2 Å². The molecule has 1 aromatic carbocycles. The molecule has 0 bridgehead atoms. The largest absolute Gasteiger partial charge is 0.309 e. The Morgan fingerprint density at radius 2 is 1.85 bits per heavy atom. The lowest BCUT2D eigenvalue weighted by molar-refractivity contribution is 0.295. The highest BCUT2D eigenvalue weighted by molar-refractivity contribution is 5.83. The zero-order chi connectivity index (χ0) is 14.5. The van der Waals surface area contributed by atoms with Gasteiger partial charge in [0.05, 0.1) is 5.52 Å². The van der Waals surface area contributed by atoms with Crippen molar-refractivity contribution >= 4 is 10.9 Å². The van der Waals surface area contributed by atoms with Crippen LogP contribution in [0.1, 0.15) is 17.5 Å². The molecule has 0 aliphatic carbocycles. The molecule has 3 nitrogen and oxygen atoms in total. The number of aryl methyl sites for hydroxylation is 1. The smallest absolute Gasteiger partial charge is 0.0705 e. The van der Waals surface area contributed by atoms with E-state index >= 15 is 0 Å². The Kier molecular flexibility index (Phi) is 5.10. The molecule has 1 aromatic heterocycles. The lowest BCUT2D eigenvalue weighted by atomic mass is 10.0. The molecule has 0 spiro atoms. The minimum atomic E-state index is 0.988. The highest BCUT2D eigenvalue weighted by atomic mass is 15.1. The lowest BCUT2D eigenvalue weighted by Gasteiger charge is -2.20. The van der Waals surface area contributed by atoms with Crippen LogP contribution in [0.5, 0.6) is 0 Å². The number of aromatic nitrogens is 1. The summed E-state index contributed by atoms with van der Waals surface area (Å²) < 4.78 is 0. The van der Waals surface area contributed by atoms with E-state index in [4.69, 9.17) is 0 Å². The number of pyridine rings is 1. The quantitative estimate of drug-likeness (QED) is 0.805. The number of rotatable bonds is 6. The van der Waals surface area contributed by atoms with Gasteiger partial charge in [0.25, 0.3) is 0 Å². The number of benzene rings is 1. The minimum Gasteiger partial charge on any atom is -0.309 e. The maximum Gasteiger partial charge on any atom is 0.0705 e. The molecule has 20 heavy (non-hydrogen) atoms. The lowest BCUT2D eigenvalue weighted by Crippen LogP contribution is -2.23. The van der Waals surface area contributed by atoms with Gasteiger partial charge >= 0.3 is 0 Å². The van der Waals surface area contributed by atoms with Gasteiger partial charge in [0.1, 0.15) is 0 Å². The zero-order valence-electron chi connectivity index (χ0n) is 13.1. The van der Waals surface area contributed by atoms with Gasteiger partial charge < -0.3 is 9.80 Å². The average molecular weight is 271 g/mol. The SMILES string of the molecule is Cc1ccc2ncccc2c1CN(C)CCCN(C)C. The minimum absolute atomic E-state index is 0.988. The van der Waals surface area contributed by atoms with Crippen molar-refractivity contribution in [3.8, 4) is 0 Å². The molecule has 0 atom stereocenters. The van der Waals surface area contributed by atoms with Crippen molar-refractivity contribution in [2.45, 2.75) is 19.9 Å². The summed E-state index contributed by atoms with van der Waals surface area (Å²) in [6.45, 7) is 5.44. The average Bonchev–Trinajstić information content (AvgIpc) is 2.41. The van der Waals surface area contributed by atoms with Crippen molar-refractivity contribution in [1.82, 2.24) is 14.8 Å². The van der Waals surface area contributed by atoms with Gasteiger partial charge in [0, 0.05) is 18.1 Å². The molecule has 0 saturated carbocycles. The van der Waals surface area contributed by atoms with E-state index in [-0.39, 0.29) is 0 Å². The molecule has 0 amide bonds. The number of hydrogen-bond donors (Lipinski definition) is 0. The van der Waals surface area contributed by atoms with Gasteiger partial charge in [-0.25, -0.2) is 0 Å². The Bertz CT molecular complexity index is 563. The molecule has 0 fully saturated rings. The van der Waals surface area contributed by atoms with Crippen molar-refractivity contribution in [1.29, 1.82) is 0 Å².